The van der Waals surface area contributed by atoms with E-state index in [0.717, 1.165) is 11.5 Å². The number of thioether (sulfide) groups is 1. The van der Waals surface area contributed by atoms with Gasteiger partial charge in [-0.2, -0.15) is 11.8 Å². The van der Waals surface area contributed by atoms with Crippen LogP contribution in [0.1, 0.15) is 20.3 Å². The van der Waals surface area contributed by atoms with E-state index in [4.69, 9.17) is 5.11 Å². The first-order chi connectivity index (χ1) is 5.22. The highest BCUT2D eigenvalue weighted by Gasteiger charge is 2.09. The van der Waals surface area contributed by atoms with Crippen LogP contribution < -0.4 is 0 Å². The minimum atomic E-state index is 0.150. The average molecular weight is 176 g/mol. The first-order valence-corrected chi connectivity index (χ1v) is 5.09. The van der Waals surface area contributed by atoms with Gasteiger partial charge in [0.1, 0.15) is 5.78 Å². The molecule has 1 N–H and O–H groups in total. The lowest BCUT2D eigenvalue weighted by Gasteiger charge is -2.06. The summed E-state index contributed by atoms with van der Waals surface area (Å²) in [5.74, 6) is 2.04. The molecule has 2 nitrogen and oxygen atoms in total. The Labute approximate surface area is 72.4 Å². The van der Waals surface area contributed by atoms with Gasteiger partial charge in [-0.1, -0.05) is 13.8 Å². The molecular weight excluding hydrogens is 160 g/mol. The molecule has 0 heterocycles. The maximum Gasteiger partial charge on any atom is 0.136 e. The molecule has 1 atom stereocenters. The molecule has 0 aliphatic heterocycles. The fourth-order valence-electron chi connectivity index (χ4n) is 0.766. The summed E-state index contributed by atoms with van der Waals surface area (Å²) < 4.78 is 0. The third-order valence-corrected chi connectivity index (χ3v) is 2.71. The van der Waals surface area contributed by atoms with Gasteiger partial charge in [0, 0.05) is 23.8 Å². The standard InChI is InChI=1S/C8H16O2S/c1-3-8(10)7(2)6-11-5-4-9/h7,9H,3-6H2,1-2H3. The summed E-state index contributed by atoms with van der Waals surface area (Å²) in [6.07, 6.45) is 0.626. The van der Waals surface area contributed by atoms with E-state index in [2.05, 4.69) is 0 Å². The number of Topliss-reactive ketones (excluding diaryl/α,β-unsaturated/α-hetero) is 1. The summed E-state index contributed by atoms with van der Waals surface area (Å²) in [6, 6.07) is 0. The number of aliphatic hydroxyl groups excluding tert-OH is 1. The molecule has 0 aromatic heterocycles. The summed E-state index contributed by atoms with van der Waals surface area (Å²) in [4.78, 5) is 11.0. The van der Waals surface area contributed by atoms with Crippen molar-refractivity contribution in [3.05, 3.63) is 0 Å². The van der Waals surface area contributed by atoms with E-state index in [9.17, 15) is 4.79 Å². The number of aliphatic hydroxyl groups is 1. The van der Waals surface area contributed by atoms with Gasteiger partial charge in [0.15, 0.2) is 0 Å². The quantitative estimate of drug-likeness (QED) is 0.620. The van der Waals surface area contributed by atoms with Gasteiger partial charge >= 0.3 is 0 Å². The van der Waals surface area contributed by atoms with Crippen molar-refractivity contribution in [3.63, 3.8) is 0 Å². The Kier molecular flexibility index (Phi) is 6.66. The molecule has 0 aromatic rings. The second-order valence-electron chi connectivity index (χ2n) is 2.52. The molecule has 0 spiro atoms. The second-order valence-corrected chi connectivity index (χ2v) is 3.67. The highest BCUT2D eigenvalue weighted by Crippen LogP contribution is 2.09. The molecule has 0 bridgehead atoms. The fraction of sp³-hybridized carbons (Fsp3) is 0.875. The van der Waals surface area contributed by atoms with E-state index in [1.54, 1.807) is 11.8 Å². The third kappa shape index (κ3) is 5.27. The van der Waals surface area contributed by atoms with Gasteiger partial charge in [0.2, 0.25) is 0 Å². The van der Waals surface area contributed by atoms with E-state index in [-0.39, 0.29) is 12.5 Å². The third-order valence-electron chi connectivity index (χ3n) is 1.50. The summed E-state index contributed by atoms with van der Waals surface area (Å²) in [5.41, 5.74) is 0. The molecular formula is C8H16O2S. The summed E-state index contributed by atoms with van der Waals surface area (Å²) in [5, 5.41) is 8.47. The van der Waals surface area contributed by atoms with E-state index >= 15 is 0 Å². The first kappa shape index (κ1) is 11.0. The molecule has 0 aliphatic rings. The molecule has 0 amide bonds. The first-order valence-electron chi connectivity index (χ1n) is 3.93. The zero-order valence-electron chi connectivity index (χ0n) is 7.17. The topological polar surface area (TPSA) is 37.3 Å². The highest BCUT2D eigenvalue weighted by atomic mass is 32.2. The SMILES string of the molecule is CCC(=O)C(C)CSCCO. The van der Waals surface area contributed by atoms with Crippen LogP contribution >= 0.6 is 11.8 Å². The summed E-state index contributed by atoms with van der Waals surface area (Å²) in [6.45, 7) is 4.03. The van der Waals surface area contributed by atoms with Crippen LogP contribution in [-0.2, 0) is 4.79 Å². The Balaban J connectivity index is 3.36. The highest BCUT2D eigenvalue weighted by molar-refractivity contribution is 7.99. The van der Waals surface area contributed by atoms with Crippen molar-refractivity contribution in [1.82, 2.24) is 0 Å². The molecule has 3 heteroatoms. The predicted molar refractivity (Wildman–Crippen MR) is 48.9 cm³/mol. The Bertz CT molecular complexity index is 115. The van der Waals surface area contributed by atoms with E-state index in [1.807, 2.05) is 13.8 Å². The van der Waals surface area contributed by atoms with Crippen LogP contribution in [0.15, 0.2) is 0 Å². The van der Waals surface area contributed by atoms with Crippen LogP contribution in [0.25, 0.3) is 0 Å². The number of carbonyl (C=O) groups is 1. The maximum atomic E-state index is 11.0. The van der Waals surface area contributed by atoms with Gasteiger partial charge in [-0.15, -0.1) is 0 Å². The zero-order valence-corrected chi connectivity index (χ0v) is 7.99. The van der Waals surface area contributed by atoms with Crippen molar-refractivity contribution >= 4 is 17.5 Å². The van der Waals surface area contributed by atoms with E-state index in [1.165, 1.54) is 0 Å². The predicted octanol–water partition coefficient (Wildman–Crippen LogP) is 1.33. The second kappa shape index (κ2) is 6.68. The summed E-state index contributed by atoms with van der Waals surface area (Å²) >= 11 is 1.63. The van der Waals surface area contributed by atoms with Crippen LogP contribution in [0.5, 0.6) is 0 Å². The van der Waals surface area contributed by atoms with Crippen molar-refractivity contribution in [2.75, 3.05) is 18.1 Å². The smallest absolute Gasteiger partial charge is 0.136 e. The van der Waals surface area contributed by atoms with E-state index in [0.29, 0.717) is 12.2 Å². The van der Waals surface area contributed by atoms with Crippen molar-refractivity contribution < 1.29 is 9.90 Å². The van der Waals surface area contributed by atoms with Crippen molar-refractivity contribution in [2.45, 2.75) is 20.3 Å². The fourth-order valence-corrected chi connectivity index (χ4v) is 1.60. The van der Waals surface area contributed by atoms with Crippen LogP contribution in [0.3, 0.4) is 0 Å². The Morgan fingerprint density at radius 3 is 2.73 bits per heavy atom. The largest absolute Gasteiger partial charge is 0.396 e. The van der Waals surface area contributed by atoms with Crippen LogP contribution in [0.4, 0.5) is 0 Å². The number of ketones is 1. The van der Waals surface area contributed by atoms with Gasteiger partial charge in [0.05, 0.1) is 6.61 Å². The van der Waals surface area contributed by atoms with Gasteiger partial charge in [-0.3, -0.25) is 4.79 Å². The van der Waals surface area contributed by atoms with Gasteiger partial charge in [-0.25, -0.2) is 0 Å². The Morgan fingerprint density at radius 2 is 2.27 bits per heavy atom. The Morgan fingerprint density at radius 1 is 1.64 bits per heavy atom. The minimum absolute atomic E-state index is 0.150. The normalized spacial score (nSPS) is 13.0. The average Bonchev–Trinajstić information content (AvgIpc) is 2.03. The van der Waals surface area contributed by atoms with Crippen LogP contribution in [0, 0.1) is 5.92 Å². The Hall–Kier alpha value is -0.0200. The molecule has 0 rings (SSSR count). The lowest BCUT2D eigenvalue weighted by molar-refractivity contribution is -0.121. The monoisotopic (exact) mass is 176 g/mol. The lowest BCUT2D eigenvalue weighted by Crippen LogP contribution is -2.12. The zero-order chi connectivity index (χ0) is 8.69. The molecule has 1 unspecified atom stereocenters. The van der Waals surface area contributed by atoms with Crippen molar-refractivity contribution in [1.29, 1.82) is 0 Å². The molecule has 0 saturated heterocycles. The number of rotatable bonds is 6. The molecule has 11 heavy (non-hydrogen) atoms. The van der Waals surface area contributed by atoms with Crippen LogP contribution in [0.2, 0.25) is 0 Å². The lowest BCUT2D eigenvalue weighted by atomic mass is 10.1. The number of hydrogen-bond donors (Lipinski definition) is 1. The van der Waals surface area contributed by atoms with Crippen LogP contribution in [-0.4, -0.2) is 29.0 Å². The number of hydrogen-bond acceptors (Lipinski definition) is 3. The molecule has 0 aliphatic carbocycles. The molecule has 0 fully saturated rings. The summed E-state index contributed by atoms with van der Waals surface area (Å²) in [7, 11) is 0. The molecule has 66 valence electrons. The van der Waals surface area contributed by atoms with Gasteiger partial charge in [0.25, 0.3) is 0 Å². The molecule has 0 saturated carbocycles. The van der Waals surface area contributed by atoms with Gasteiger partial charge in [-0.05, 0) is 0 Å². The molecule has 0 aromatic carbocycles. The maximum absolute atomic E-state index is 11.0. The molecule has 0 radical (unpaired) electrons. The van der Waals surface area contributed by atoms with Crippen molar-refractivity contribution in [3.8, 4) is 0 Å². The minimum Gasteiger partial charge on any atom is -0.396 e. The van der Waals surface area contributed by atoms with E-state index < -0.39 is 0 Å². The van der Waals surface area contributed by atoms with Crippen molar-refractivity contribution in [2.24, 2.45) is 5.92 Å². The number of carbonyl (C=O) groups excluding carboxylic acids is 1. The van der Waals surface area contributed by atoms with Gasteiger partial charge < -0.3 is 5.11 Å².